The van der Waals surface area contributed by atoms with Gasteiger partial charge in [0.25, 0.3) is 5.91 Å². The fourth-order valence-corrected chi connectivity index (χ4v) is 2.88. The second kappa shape index (κ2) is 9.33. The fraction of sp³-hybridized carbons (Fsp3) is 0.0909. The second-order valence-corrected chi connectivity index (χ2v) is 6.28. The van der Waals surface area contributed by atoms with E-state index in [-0.39, 0.29) is 23.5 Å². The Labute approximate surface area is 172 Å². The van der Waals surface area contributed by atoms with Crippen LogP contribution in [-0.4, -0.2) is 30.4 Å². The molecule has 0 saturated heterocycles. The zero-order valence-corrected chi connectivity index (χ0v) is 16.1. The van der Waals surface area contributed by atoms with E-state index < -0.39 is 16.7 Å². The minimum absolute atomic E-state index is 0.0460. The van der Waals surface area contributed by atoms with Crippen LogP contribution in [0.2, 0.25) is 0 Å². The van der Waals surface area contributed by atoms with Gasteiger partial charge in [0.05, 0.1) is 12.0 Å². The lowest BCUT2D eigenvalue weighted by molar-refractivity contribution is -0.385. The maximum Gasteiger partial charge on any atom is 0.311 e. The van der Waals surface area contributed by atoms with Crippen LogP contribution >= 0.6 is 0 Å². The Morgan fingerprint density at radius 3 is 2.23 bits per heavy atom. The van der Waals surface area contributed by atoms with Crippen molar-refractivity contribution in [2.75, 3.05) is 23.9 Å². The van der Waals surface area contributed by atoms with Crippen LogP contribution in [0.5, 0.6) is 5.75 Å². The largest absolute Gasteiger partial charge is 0.490 e. The molecule has 30 heavy (non-hydrogen) atoms. The molecule has 0 heterocycles. The number of ether oxygens (including phenoxy) is 1. The first-order valence-electron chi connectivity index (χ1n) is 9.04. The third kappa shape index (κ3) is 4.79. The summed E-state index contributed by atoms with van der Waals surface area (Å²) in [6.07, 6.45) is 0. The zero-order chi connectivity index (χ0) is 21.5. The van der Waals surface area contributed by atoms with Gasteiger partial charge >= 0.3 is 5.69 Å². The Balaban J connectivity index is 1.91. The average Bonchev–Trinajstić information content (AvgIpc) is 2.77. The zero-order valence-electron chi connectivity index (χ0n) is 16.1. The highest BCUT2D eigenvalue weighted by Crippen LogP contribution is 2.29. The van der Waals surface area contributed by atoms with Crippen molar-refractivity contribution in [2.24, 2.45) is 0 Å². The number of para-hydroxylation sites is 2. The molecule has 0 fully saturated rings. The number of carbonyl (C=O) groups is 2. The Kier molecular flexibility index (Phi) is 6.39. The van der Waals surface area contributed by atoms with Crippen molar-refractivity contribution < 1.29 is 19.2 Å². The average molecular weight is 405 g/mol. The number of nitro groups is 1. The summed E-state index contributed by atoms with van der Waals surface area (Å²) in [4.78, 5) is 37.7. The lowest BCUT2D eigenvalue weighted by Gasteiger charge is -2.22. The van der Waals surface area contributed by atoms with Crippen molar-refractivity contribution in [1.29, 1.82) is 0 Å². The van der Waals surface area contributed by atoms with Crippen LogP contribution in [0.25, 0.3) is 0 Å². The fourth-order valence-electron chi connectivity index (χ4n) is 2.88. The van der Waals surface area contributed by atoms with Gasteiger partial charge in [0.1, 0.15) is 6.54 Å². The van der Waals surface area contributed by atoms with E-state index in [0.717, 1.165) is 6.07 Å². The third-order valence-electron chi connectivity index (χ3n) is 4.29. The van der Waals surface area contributed by atoms with E-state index in [1.807, 2.05) is 6.07 Å². The summed E-state index contributed by atoms with van der Waals surface area (Å²) in [6.45, 7) is -0.266. The number of amides is 2. The van der Waals surface area contributed by atoms with E-state index in [9.17, 15) is 19.7 Å². The molecule has 0 spiro atoms. The molecular formula is C22H19N3O5. The number of hydrogen-bond donors (Lipinski definition) is 1. The minimum atomic E-state index is -0.620. The number of nitrogens with one attached hydrogen (secondary N) is 1. The lowest BCUT2D eigenvalue weighted by Crippen LogP contribution is -2.38. The van der Waals surface area contributed by atoms with Crippen LogP contribution in [0.3, 0.4) is 0 Å². The van der Waals surface area contributed by atoms with Gasteiger partial charge in [-0.1, -0.05) is 36.4 Å². The van der Waals surface area contributed by atoms with Crippen molar-refractivity contribution >= 4 is 28.9 Å². The number of hydrogen-bond acceptors (Lipinski definition) is 5. The van der Waals surface area contributed by atoms with Crippen LogP contribution in [0, 0.1) is 10.1 Å². The standard InChI is InChI=1S/C22H19N3O5/c1-30-20-13-12-16(14-19(20)25(28)29)22(27)24(18-10-6-3-7-11-18)15-21(26)23-17-8-4-2-5-9-17/h2-14H,15H2,1H3,(H,23,26). The molecule has 0 aliphatic heterocycles. The van der Waals surface area contributed by atoms with Gasteiger partial charge in [-0.05, 0) is 36.4 Å². The molecule has 152 valence electrons. The normalized spacial score (nSPS) is 10.2. The van der Waals surface area contributed by atoms with Gasteiger partial charge in [-0.15, -0.1) is 0 Å². The summed E-state index contributed by atoms with van der Waals surface area (Å²) in [5, 5.41) is 14.0. The van der Waals surface area contributed by atoms with Crippen molar-refractivity contribution in [1.82, 2.24) is 0 Å². The number of nitro benzene ring substituents is 1. The predicted octanol–water partition coefficient (Wildman–Crippen LogP) is 3.89. The molecule has 0 saturated carbocycles. The highest BCUT2D eigenvalue weighted by molar-refractivity contribution is 6.10. The summed E-state index contributed by atoms with van der Waals surface area (Å²) >= 11 is 0. The smallest absolute Gasteiger partial charge is 0.311 e. The van der Waals surface area contributed by atoms with Gasteiger partial charge in [-0.3, -0.25) is 24.6 Å². The molecule has 3 aromatic rings. The SMILES string of the molecule is COc1ccc(C(=O)N(CC(=O)Nc2ccccc2)c2ccccc2)cc1[N+](=O)[O-]. The van der Waals surface area contributed by atoms with Gasteiger partial charge in [-0.2, -0.15) is 0 Å². The molecule has 3 rings (SSSR count). The van der Waals surface area contributed by atoms with Crippen LogP contribution in [0.15, 0.2) is 78.9 Å². The van der Waals surface area contributed by atoms with Crippen LogP contribution in [0.4, 0.5) is 17.1 Å². The summed E-state index contributed by atoms with van der Waals surface area (Å²) in [5.74, 6) is -0.902. The first-order valence-corrected chi connectivity index (χ1v) is 9.04. The Morgan fingerprint density at radius 1 is 1.00 bits per heavy atom. The van der Waals surface area contributed by atoms with Gasteiger partial charge in [0.2, 0.25) is 5.91 Å². The van der Waals surface area contributed by atoms with Gasteiger partial charge in [0.15, 0.2) is 5.75 Å². The minimum Gasteiger partial charge on any atom is -0.490 e. The van der Waals surface area contributed by atoms with E-state index in [4.69, 9.17) is 4.74 Å². The monoisotopic (exact) mass is 405 g/mol. The highest BCUT2D eigenvalue weighted by Gasteiger charge is 2.24. The van der Waals surface area contributed by atoms with Crippen LogP contribution < -0.4 is 15.0 Å². The van der Waals surface area contributed by atoms with Crippen LogP contribution in [0.1, 0.15) is 10.4 Å². The second-order valence-electron chi connectivity index (χ2n) is 6.28. The van der Waals surface area contributed by atoms with E-state index in [1.54, 1.807) is 54.6 Å². The van der Waals surface area contributed by atoms with Gasteiger partial charge < -0.3 is 10.1 Å². The molecule has 8 nitrogen and oxygen atoms in total. The predicted molar refractivity (Wildman–Crippen MR) is 113 cm³/mol. The maximum atomic E-state index is 13.2. The number of rotatable bonds is 7. The first kappa shape index (κ1) is 20.5. The molecule has 0 aromatic heterocycles. The third-order valence-corrected chi connectivity index (χ3v) is 4.29. The van der Waals surface area contributed by atoms with Crippen LogP contribution in [-0.2, 0) is 4.79 Å². The molecule has 0 radical (unpaired) electrons. The molecular weight excluding hydrogens is 386 g/mol. The summed E-state index contributed by atoms with van der Waals surface area (Å²) in [6, 6.07) is 21.4. The summed E-state index contributed by atoms with van der Waals surface area (Å²) < 4.78 is 4.99. The van der Waals surface area contributed by atoms with Crippen molar-refractivity contribution in [3.63, 3.8) is 0 Å². The number of carbonyl (C=O) groups excluding carboxylic acids is 2. The molecule has 3 aromatic carbocycles. The van der Waals surface area contributed by atoms with E-state index >= 15 is 0 Å². The van der Waals surface area contributed by atoms with E-state index in [2.05, 4.69) is 5.32 Å². The van der Waals surface area contributed by atoms with E-state index in [0.29, 0.717) is 11.4 Å². The summed E-state index contributed by atoms with van der Waals surface area (Å²) in [7, 11) is 1.31. The van der Waals surface area contributed by atoms with Gasteiger partial charge in [-0.25, -0.2) is 0 Å². The molecule has 0 aliphatic carbocycles. The molecule has 8 heteroatoms. The molecule has 0 bridgehead atoms. The topological polar surface area (TPSA) is 102 Å². The number of benzene rings is 3. The number of nitrogens with zero attached hydrogens (tertiary/aromatic N) is 2. The molecule has 2 amide bonds. The number of anilines is 2. The Hall–Kier alpha value is -4.20. The molecule has 0 aliphatic rings. The first-order chi connectivity index (χ1) is 14.5. The molecule has 0 unspecified atom stereocenters. The molecule has 1 N–H and O–H groups in total. The summed E-state index contributed by atoms with van der Waals surface area (Å²) in [5.41, 5.74) is 0.830. The van der Waals surface area contributed by atoms with Crippen molar-refractivity contribution in [3.05, 3.63) is 94.5 Å². The van der Waals surface area contributed by atoms with Crippen molar-refractivity contribution in [2.45, 2.75) is 0 Å². The maximum absolute atomic E-state index is 13.2. The number of methoxy groups -OCH3 is 1. The van der Waals surface area contributed by atoms with Gasteiger partial charge in [0, 0.05) is 23.0 Å². The Morgan fingerprint density at radius 2 is 1.63 bits per heavy atom. The highest BCUT2D eigenvalue weighted by atomic mass is 16.6. The quantitative estimate of drug-likeness (QED) is 0.475. The Bertz CT molecular complexity index is 1050. The lowest BCUT2D eigenvalue weighted by atomic mass is 10.1. The van der Waals surface area contributed by atoms with E-state index in [1.165, 1.54) is 24.1 Å². The molecule has 0 atom stereocenters. The van der Waals surface area contributed by atoms with Crippen molar-refractivity contribution in [3.8, 4) is 5.75 Å².